The number of aliphatic hydroxyl groups excluding tert-OH is 1. The summed E-state index contributed by atoms with van der Waals surface area (Å²) in [6, 6.07) is 3.47. The Bertz CT molecular complexity index is 534. The quantitative estimate of drug-likeness (QED) is 0.879. The number of likely N-dealkylation sites (N-methyl/N-ethyl adjacent to an activating group) is 1. The number of imidazole rings is 1. The van der Waals surface area contributed by atoms with Crippen molar-refractivity contribution in [1.82, 2.24) is 19.4 Å². The molecule has 0 bridgehead atoms. The molecule has 19 heavy (non-hydrogen) atoms. The third kappa shape index (κ3) is 3.17. The first-order valence-electron chi connectivity index (χ1n) is 5.96. The van der Waals surface area contributed by atoms with Crippen LogP contribution in [0.2, 0.25) is 0 Å². The number of pyridine rings is 1. The van der Waals surface area contributed by atoms with E-state index < -0.39 is 6.10 Å². The number of aromatic nitrogens is 3. The summed E-state index contributed by atoms with van der Waals surface area (Å²) in [5, 5.41) is 9.27. The highest BCUT2D eigenvalue weighted by Gasteiger charge is 2.13. The fourth-order valence-electron chi connectivity index (χ4n) is 1.76. The minimum atomic E-state index is -0.549. The van der Waals surface area contributed by atoms with Gasteiger partial charge in [0.25, 0.3) is 5.91 Å². The number of carbonyl (C=O) groups excluding carboxylic acids is 1. The molecule has 1 amide bonds. The Balaban J connectivity index is 2.12. The highest BCUT2D eigenvalue weighted by molar-refractivity contribution is 5.93. The van der Waals surface area contributed by atoms with E-state index >= 15 is 0 Å². The summed E-state index contributed by atoms with van der Waals surface area (Å²) in [5.74, 6) is 0.540. The molecule has 2 heterocycles. The van der Waals surface area contributed by atoms with Gasteiger partial charge < -0.3 is 10.0 Å². The van der Waals surface area contributed by atoms with Crippen LogP contribution in [0.5, 0.6) is 0 Å². The van der Waals surface area contributed by atoms with E-state index in [-0.39, 0.29) is 5.91 Å². The van der Waals surface area contributed by atoms with E-state index in [0.29, 0.717) is 17.9 Å². The highest BCUT2D eigenvalue weighted by atomic mass is 16.3. The van der Waals surface area contributed by atoms with Gasteiger partial charge in [0.1, 0.15) is 12.1 Å². The maximum Gasteiger partial charge on any atom is 0.255 e. The van der Waals surface area contributed by atoms with E-state index in [9.17, 15) is 9.90 Å². The molecule has 1 unspecified atom stereocenters. The molecule has 0 aromatic carbocycles. The molecule has 0 aliphatic carbocycles. The van der Waals surface area contributed by atoms with Crippen LogP contribution in [0.4, 0.5) is 0 Å². The molecular weight excluding hydrogens is 244 g/mol. The first kappa shape index (κ1) is 13.2. The summed E-state index contributed by atoms with van der Waals surface area (Å²) in [4.78, 5) is 21.7. The van der Waals surface area contributed by atoms with E-state index in [2.05, 4.69) is 9.97 Å². The Morgan fingerprint density at radius 2 is 2.32 bits per heavy atom. The predicted octanol–water partition coefficient (Wildman–Crippen LogP) is 0.720. The molecule has 0 saturated carbocycles. The second kappa shape index (κ2) is 5.62. The Labute approximate surface area is 111 Å². The molecule has 0 radical (unpaired) electrons. The zero-order valence-corrected chi connectivity index (χ0v) is 10.9. The fourth-order valence-corrected chi connectivity index (χ4v) is 1.76. The topological polar surface area (TPSA) is 71.2 Å². The molecule has 0 spiro atoms. The molecule has 1 N–H and O–H groups in total. The lowest BCUT2D eigenvalue weighted by molar-refractivity contribution is 0.0703. The van der Waals surface area contributed by atoms with Crippen molar-refractivity contribution in [2.75, 3.05) is 13.6 Å². The Hall–Kier alpha value is -2.21. The first-order chi connectivity index (χ1) is 9.08. The SMILES string of the molecule is CC(O)CN(C)C(=O)c1ccc(-n2ccnc2)nc1. The average Bonchev–Trinajstić information content (AvgIpc) is 2.91. The molecule has 0 saturated heterocycles. The van der Waals surface area contributed by atoms with Gasteiger partial charge in [0.2, 0.25) is 0 Å². The molecule has 2 aromatic heterocycles. The molecule has 0 aliphatic heterocycles. The molecule has 2 rings (SSSR count). The molecule has 1 atom stereocenters. The Morgan fingerprint density at radius 1 is 1.53 bits per heavy atom. The van der Waals surface area contributed by atoms with Gasteiger partial charge in [0.15, 0.2) is 0 Å². The van der Waals surface area contributed by atoms with Crippen LogP contribution in [0.1, 0.15) is 17.3 Å². The van der Waals surface area contributed by atoms with Crippen molar-refractivity contribution in [3.8, 4) is 5.82 Å². The van der Waals surface area contributed by atoms with Crippen molar-refractivity contribution in [2.45, 2.75) is 13.0 Å². The summed E-state index contributed by atoms with van der Waals surface area (Å²) < 4.78 is 1.76. The molecule has 6 nitrogen and oxygen atoms in total. The monoisotopic (exact) mass is 260 g/mol. The smallest absolute Gasteiger partial charge is 0.255 e. The van der Waals surface area contributed by atoms with Crippen LogP contribution in [0, 0.1) is 0 Å². The zero-order valence-electron chi connectivity index (χ0n) is 10.9. The predicted molar refractivity (Wildman–Crippen MR) is 70.0 cm³/mol. The van der Waals surface area contributed by atoms with Crippen LogP contribution in [-0.2, 0) is 0 Å². The van der Waals surface area contributed by atoms with Crippen LogP contribution in [0.25, 0.3) is 5.82 Å². The molecule has 0 fully saturated rings. The zero-order chi connectivity index (χ0) is 13.8. The van der Waals surface area contributed by atoms with E-state index in [1.807, 2.05) is 0 Å². The number of carbonyl (C=O) groups is 1. The van der Waals surface area contributed by atoms with Crippen molar-refractivity contribution in [1.29, 1.82) is 0 Å². The Morgan fingerprint density at radius 3 is 2.84 bits per heavy atom. The van der Waals surface area contributed by atoms with Gasteiger partial charge in [-0.15, -0.1) is 0 Å². The van der Waals surface area contributed by atoms with Gasteiger partial charge in [-0.05, 0) is 19.1 Å². The average molecular weight is 260 g/mol. The lowest BCUT2D eigenvalue weighted by atomic mass is 10.2. The number of nitrogens with zero attached hydrogens (tertiary/aromatic N) is 4. The van der Waals surface area contributed by atoms with Gasteiger partial charge in [0.05, 0.1) is 11.7 Å². The molecular formula is C13H16N4O2. The second-order valence-electron chi connectivity index (χ2n) is 4.41. The van der Waals surface area contributed by atoms with Gasteiger partial charge in [0, 0.05) is 32.2 Å². The summed E-state index contributed by atoms with van der Waals surface area (Å²) in [5.41, 5.74) is 0.493. The van der Waals surface area contributed by atoms with Crippen molar-refractivity contribution in [2.24, 2.45) is 0 Å². The van der Waals surface area contributed by atoms with E-state index in [0.717, 1.165) is 0 Å². The normalized spacial score (nSPS) is 12.2. The van der Waals surface area contributed by atoms with Gasteiger partial charge in [-0.25, -0.2) is 9.97 Å². The van der Waals surface area contributed by atoms with Crippen LogP contribution in [0.15, 0.2) is 37.1 Å². The van der Waals surface area contributed by atoms with Gasteiger partial charge in [-0.3, -0.25) is 9.36 Å². The largest absolute Gasteiger partial charge is 0.392 e. The van der Waals surface area contributed by atoms with Crippen LogP contribution < -0.4 is 0 Å². The number of amides is 1. The van der Waals surface area contributed by atoms with Crippen molar-refractivity contribution >= 4 is 5.91 Å². The lowest BCUT2D eigenvalue weighted by Gasteiger charge is -2.18. The molecule has 100 valence electrons. The Kier molecular flexibility index (Phi) is 3.91. The van der Waals surface area contributed by atoms with Crippen molar-refractivity contribution < 1.29 is 9.90 Å². The standard InChI is InChI=1S/C13H16N4O2/c1-10(18)8-16(2)13(19)11-3-4-12(15-7-11)17-6-5-14-9-17/h3-7,9-10,18H,8H2,1-2H3. The number of rotatable bonds is 4. The summed E-state index contributed by atoms with van der Waals surface area (Å²) in [7, 11) is 1.65. The first-order valence-corrected chi connectivity index (χ1v) is 5.96. The van der Waals surface area contributed by atoms with E-state index in [4.69, 9.17) is 0 Å². The van der Waals surface area contributed by atoms with Gasteiger partial charge >= 0.3 is 0 Å². The maximum absolute atomic E-state index is 12.0. The second-order valence-corrected chi connectivity index (χ2v) is 4.41. The van der Waals surface area contributed by atoms with Crippen molar-refractivity contribution in [3.05, 3.63) is 42.6 Å². The van der Waals surface area contributed by atoms with Crippen LogP contribution >= 0.6 is 0 Å². The molecule has 6 heteroatoms. The maximum atomic E-state index is 12.0. The minimum absolute atomic E-state index is 0.161. The van der Waals surface area contributed by atoms with E-state index in [1.165, 1.54) is 11.1 Å². The van der Waals surface area contributed by atoms with Gasteiger partial charge in [-0.1, -0.05) is 0 Å². The summed E-state index contributed by atoms with van der Waals surface area (Å²) >= 11 is 0. The third-order valence-electron chi connectivity index (χ3n) is 2.65. The number of hydrogen-bond donors (Lipinski definition) is 1. The molecule has 0 aliphatic rings. The highest BCUT2D eigenvalue weighted by Crippen LogP contribution is 2.07. The van der Waals surface area contributed by atoms with Gasteiger partial charge in [-0.2, -0.15) is 0 Å². The fraction of sp³-hybridized carbons (Fsp3) is 0.308. The third-order valence-corrected chi connectivity index (χ3v) is 2.65. The molecule has 2 aromatic rings. The van der Waals surface area contributed by atoms with Crippen LogP contribution in [0.3, 0.4) is 0 Å². The van der Waals surface area contributed by atoms with Crippen LogP contribution in [-0.4, -0.2) is 50.1 Å². The van der Waals surface area contributed by atoms with Crippen molar-refractivity contribution in [3.63, 3.8) is 0 Å². The summed E-state index contributed by atoms with van der Waals surface area (Å²) in [6.45, 7) is 1.94. The number of aliphatic hydroxyl groups is 1. The van der Waals surface area contributed by atoms with E-state index in [1.54, 1.807) is 49.4 Å². The minimum Gasteiger partial charge on any atom is -0.392 e. The number of hydrogen-bond acceptors (Lipinski definition) is 4. The summed E-state index contributed by atoms with van der Waals surface area (Å²) in [6.07, 6.45) is 6.06. The lowest BCUT2D eigenvalue weighted by Crippen LogP contribution is -2.33.